The van der Waals surface area contributed by atoms with Gasteiger partial charge in [-0.05, 0) is 43.5 Å². The van der Waals surface area contributed by atoms with Crippen molar-refractivity contribution >= 4 is 6.08 Å². The van der Waals surface area contributed by atoms with Crippen molar-refractivity contribution in [2.24, 2.45) is 0 Å². The van der Waals surface area contributed by atoms with E-state index in [1.165, 1.54) is 22.3 Å². The van der Waals surface area contributed by atoms with Gasteiger partial charge >= 0.3 is 0 Å². The fourth-order valence-corrected chi connectivity index (χ4v) is 3.56. The summed E-state index contributed by atoms with van der Waals surface area (Å²) < 4.78 is 0. The Hall–Kier alpha value is -2.85. The third-order valence-electron chi connectivity index (χ3n) is 4.98. The van der Waals surface area contributed by atoms with E-state index in [2.05, 4.69) is 66.2 Å². The average molecular weight is 359 g/mol. The van der Waals surface area contributed by atoms with E-state index in [-0.39, 0.29) is 6.10 Å². The minimum Gasteiger partial charge on any atom is -0.392 e. The number of imidazole rings is 1. The van der Waals surface area contributed by atoms with Crippen molar-refractivity contribution in [3.05, 3.63) is 71.2 Å². The van der Waals surface area contributed by atoms with E-state index in [0.717, 1.165) is 29.3 Å². The number of nitrogens with one attached hydrogen (secondary N) is 1. The molecule has 0 fully saturated rings. The molecule has 1 unspecified atom stereocenters. The molecule has 3 aromatic rings. The van der Waals surface area contributed by atoms with Crippen molar-refractivity contribution in [1.29, 1.82) is 0 Å². The summed E-state index contributed by atoms with van der Waals surface area (Å²) in [5, 5.41) is 9.61. The molecular formula is C23H25N3O. The second kappa shape index (κ2) is 7.05. The third kappa shape index (κ3) is 3.67. The number of aliphatic hydroxyl groups excluding tert-OH is 1. The number of aromatic amines is 1. The SMILES string of the molecule is Cc1ccc(-c2ccc(-c3nc4c([nH]3)CN(CC(C)O)C=C4)c(C)c2)cc1. The molecule has 138 valence electrons. The topological polar surface area (TPSA) is 52.2 Å². The number of benzene rings is 2. The summed E-state index contributed by atoms with van der Waals surface area (Å²) in [6, 6.07) is 15.1. The van der Waals surface area contributed by atoms with Crippen LogP contribution in [-0.2, 0) is 6.54 Å². The maximum atomic E-state index is 9.61. The highest BCUT2D eigenvalue weighted by Crippen LogP contribution is 2.29. The summed E-state index contributed by atoms with van der Waals surface area (Å²) >= 11 is 0. The first-order valence-corrected chi connectivity index (χ1v) is 9.37. The number of aliphatic hydroxyl groups is 1. The van der Waals surface area contributed by atoms with Gasteiger partial charge in [-0.1, -0.05) is 48.0 Å². The third-order valence-corrected chi connectivity index (χ3v) is 4.98. The second-order valence-corrected chi connectivity index (χ2v) is 7.44. The van der Waals surface area contributed by atoms with Crippen LogP contribution in [0.1, 0.15) is 29.4 Å². The van der Waals surface area contributed by atoms with E-state index in [4.69, 9.17) is 4.98 Å². The lowest BCUT2D eigenvalue weighted by atomic mass is 9.99. The molecule has 2 heterocycles. The lowest BCUT2D eigenvalue weighted by Gasteiger charge is -2.24. The van der Waals surface area contributed by atoms with Crippen LogP contribution in [0.4, 0.5) is 0 Å². The zero-order valence-electron chi connectivity index (χ0n) is 16.0. The standard InChI is InChI=1S/C23H25N3O/c1-15-4-6-18(7-5-15)19-8-9-20(16(2)12-19)23-24-21-10-11-26(13-17(3)27)14-22(21)25-23/h4-12,17,27H,13-14H2,1-3H3,(H,24,25). The van der Waals surface area contributed by atoms with Gasteiger partial charge in [0, 0.05) is 18.3 Å². The van der Waals surface area contributed by atoms with Crippen molar-refractivity contribution in [2.45, 2.75) is 33.4 Å². The fraction of sp³-hybridized carbons (Fsp3) is 0.261. The Balaban J connectivity index is 1.61. The molecule has 1 atom stereocenters. The first-order chi connectivity index (χ1) is 13.0. The maximum absolute atomic E-state index is 9.61. The fourth-order valence-electron chi connectivity index (χ4n) is 3.56. The van der Waals surface area contributed by atoms with E-state index in [9.17, 15) is 5.11 Å². The van der Waals surface area contributed by atoms with Gasteiger partial charge in [0.05, 0.1) is 24.0 Å². The molecule has 1 aliphatic heterocycles. The zero-order valence-corrected chi connectivity index (χ0v) is 16.0. The number of β-amino-alcohol motifs (C(OH)–C–C–N with tert-alkyl or cyclic N) is 1. The van der Waals surface area contributed by atoms with Crippen LogP contribution in [0.2, 0.25) is 0 Å². The van der Waals surface area contributed by atoms with Crippen LogP contribution in [0.25, 0.3) is 28.6 Å². The molecule has 0 aliphatic carbocycles. The average Bonchev–Trinajstić information content (AvgIpc) is 3.04. The first-order valence-electron chi connectivity index (χ1n) is 9.37. The monoisotopic (exact) mass is 359 g/mol. The number of hydrogen-bond donors (Lipinski definition) is 2. The van der Waals surface area contributed by atoms with Gasteiger partial charge in [0.2, 0.25) is 0 Å². The van der Waals surface area contributed by atoms with Gasteiger partial charge in [0.25, 0.3) is 0 Å². The van der Waals surface area contributed by atoms with Crippen LogP contribution in [0.3, 0.4) is 0 Å². The number of H-pyrrole nitrogens is 1. The van der Waals surface area contributed by atoms with Gasteiger partial charge in [-0.2, -0.15) is 0 Å². The molecular weight excluding hydrogens is 334 g/mol. The molecule has 2 N–H and O–H groups in total. The Morgan fingerprint density at radius 1 is 1.11 bits per heavy atom. The summed E-state index contributed by atoms with van der Waals surface area (Å²) in [6.07, 6.45) is 3.67. The molecule has 0 saturated carbocycles. The molecule has 1 aliphatic rings. The number of hydrogen-bond acceptors (Lipinski definition) is 3. The van der Waals surface area contributed by atoms with Gasteiger partial charge < -0.3 is 15.0 Å². The largest absolute Gasteiger partial charge is 0.392 e. The molecule has 1 aromatic heterocycles. The highest BCUT2D eigenvalue weighted by Gasteiger charge is 2.18. The van der Waals surface area contributed by atoms with Crippen molar-refractivity contribution in [3.63, 3.8) is 0 Å². The predicted octanol–water partition coefficient (Wildman–Crippen LogP) is 4.53. The molecule has 4 heteroatoms. The number of fused-ring (bicyclic) bond motifs is 1. The Kier molecular flexibility index (Phi) is 4.58. The Morgan fingerprint density at radius 2 is 1.85 bits per heavy atom. The molecule has 0 bridgehead atoms. The van der Waals surface area contributed by atoms with E-state index in [0.29, 0.717) is 6.54 Å². The van der Waals surface area contributed by atoms with Gasteiger partial charge in [0.15, 0.2) is 0 Å². The van der Waals surface area contributed by atoms with Gasteiger partial charge in [-0.25, -0.2) is 4.98 Å². The van der Waals surface area contributed by atoms with E-state index in [1.807, 2.05) is 12.3 Å². The molecule has 27 heavy (non-hydrogen) atoms. The summed E-state index contributed by atoms with van der Waals surface area (Å²) in [4.78, 5) is 10.4. The summed E-state index contributed by atoms with van der Waals surface area (Å²) in [7, 11) is 0. The lowest BCUT2D eigenvalue weighted by Crippen LogP contribution is -2.27. The summed E-state index contributed by atoms with van der Waals surface area (Å²) in [5.74, 6) is 0.900. The number of nitrogens with zero attached hydrogens (tertiary/aromatic N) is 2. The van der Waals surface area contributed by atoms with Crippen LogP contribution in [0.15, 0.2) is 48.7 Å². The van der Waals surface area contributed by atoms with Gasteiger partial charge in [0.1, 0.15) is 5.82 Å². The highest BCUT2D eigenvalue weighted by atomic mass is 16.3. The molecule has 0 amide bonds. The van der Waals surface area contributed by atoms with Crippen LogP contribution < -0.4 is 0 Å². The highest BCUT2D eigenvalue weighted by molar-refractivity contribution is 5.71. The van der Waals surface area contributed by atoms with Crippen molar-refractivity contribution in [2.75, 3.05) is 6.54 Å². The lowest BCUT2D eigenvalue weighted by molar-refractivity contribution is 0.147. The van der Waals surface area contributed by atoms with E-state index >= 15 is 0 Å². The second-order valence-electron chi connectivity index (χ2n) is 7.44. The Bertz CT molecular complexity index is 983. The van der Waals surface area contributed by atoms with Crippen molar-refractivity contribution in [3.8, 4) is 22.5 Å². The molecule has 0 saturated heterocycles. The zero-order chi connectivity index (χ0) is 19.0. The Morgan fingerprint density at radius 3 is 2.56 bits per heavy atom. The van der Waals surface area contributed by atoms with Crippen molar-refractivity contribution in [1.82, 2.24) is 14.9 Å². The molecule has 0 radical (unpaired) electrons. The van der Waals surface area contributed by atoms with E-state index in [1.54, 1.807) is 6.92 Å². The quantitative estimate of drug-likeness (QED) is 0.720. The van der Waals surface area contributed by atoms with E-state index < -0.39 is 0 Å². The smallest absolute Gasteiger partial charge is 0.138 e. The summed E-state index contributed by atoms with van der Waals surface area (Å²) in [6.45, 7) is 7.40. The molecule has 4 nitrogen and oxygen atoms in total. The summed E-state index contributed by atoms with van der Waals surface area (Å²) in [5.41, 5.74) is 8.11. The van der Waals surface area contributed by atoms with Crippen molar-refractivity contribution < 1.29 is 5.11 Å². The van der Waals surface area contributed by atoms with Gasteiger partial charge in [-0.15, -0.1) is 0 Å². The Labute approximate surface area is 160 Å². The number of aromatic nitrogens is 2. The normalized spacial score (nSPS) is 14.3. The van der Waals surface area contributed by atoms with Gasteiger partial charge in [-0.3, -0.25) is 0 Å². The van der Waals surface area contributed by atoms with Crippen LogP contribution in [0.5, 0.6) is 0 Å². The molecule has 4 rings (SSSR count). The minimum atomic E-state index is -0.352. The predicted molar refractivity (Wildman–Crippen MR) is 110 cm³/mol. The van der Waals surface area contributed by atoms with Crippen LogP contribution in [0, 0.1) is 13.8 Å². The number of aryl methyl sites for hydroxylation is 2. The van der Waals surface area contributed by atoms with Crippen LogP contribution in [-0.4, -0.2) is 32.6 Å². The number of rotatable bonds is 4. The maximum Gasteiger partial charge on any atom is 0.138 e. The minimum absolute atomic E-state index is 0.352. The van der Waals surface area contributed by atoms with Crippen LogP contribution >= 0.6 is 0 Å². The molecule has 0 spiro atoms. The first kappa shape index (κ1) is 17.6. The molecule has 2 aromatic carbocycles.